The highest BCUT2D eigenvalue weighted by Gasteiger charge is 2.60. The monoisotopic (exact) mass is 1010 g/mol. The Morgan fingerprint density at radius 2 is 0.676 bits per heavy atom. The number of hydrogen-bond donors (Lipinski definition) is 1. The van der Waals surface area contributed by atoms with Gasteiger partial charge in [-0.3, -0.25) is 47.9 Å². The number of esters is 10. The van der Waals surface area contributed by atoms with Gasteiger partial charge in [-0.25, -0.2) is 0 Å². The quantitative estimate of drug-likeness (QED) is 0.146. The number of ether oxygens (including phenoxy) is 15. The van der Waals surface area contributed by atoms with Crippen LogP contribution in [0.3, 0.4) is 0 Å². The second-order valence-electron chi connectivity index (χ2n) is 16.3. The summed E-state index contributed by atoms with van der Waals surface area (Å²) in [7, 11) is 0. The maximum absolute atomic E-state index is 13.1. The third-order valence-corrected chi connectivity index (χ3v) is 10.2. The Kier molecular flexibility index (Phi) is 21.0. The predicted molar refractivity (Wildman–Crippen MR) is 229 cm³/mol. The van der Waals surface area contributed by atoms with Crippen molar-refractivity contribution in [3.63, 3.8) is 0 Å². The molecule has 0 aliphatic carbocycles. The van der Waals surface area contributed by atoms with Gasteiger partial charge < -0.3 is 76.4 Å². The molecule has 71 heavy (non-hydrogen) atoms. The molecule has 3 aliphatic heterocycles. The van der Waals surface area contributed by atoms with E-state index in [1.165, 1.54) is 0 Å². The van der Waals surface area contributed by atoms with Gasteiger partial charge in [0.1, 0.15) is 50.3 Å². The van der Waals surface area contributed by atoms with Gasteiger partial charge in [0, 0.05) is 74.9 Å². The molecule has 0 spiro atoms. The lowest BCUT2D eigenvalue weighted by Crippen LogP contribution is -2.69. The fourth-order valence-corrected chi connectivity index (χ4v) is 7.73. The van der Waals surface area contributed by atoms with Crippen LogP contribution in [-0.4, -0.2) is 172 Å². The summed E-state index contributed by atoms with van der Waals surface area (Å²) in [5, 5.41) is 3.08. The summed E-state index contributed by atoms with van der Waals surface area (Å²) in [5.74, 6) is -9.27. The van der Waals surface area contributed by atoms with E-state index in [0.29, 0.717) is 5.69 Å². The van der Waals surface area contributed by atoms with Crippen molar-refractivity contribution < 1.29 is 119 Å². The van der Waals surface area contributed by atoms with Crippen molar-refractivity contribution in [1.82, 2.24) is 0 Å². The smallest absolute Gasteiger partial charge is 0.303 e. The molecule has 1 N–H and O–H groups in total. The van der Waals surface area contributed by atoms with Gasteiger partial charge in [-0.2, -0.15) is 0 Å². The molecule has 0 amide bonds. The first-order valence-electron chi connectivity index (χ1n) is 22.0. The van der Waals surface area contributed by atoms with Gasteiger partial charge in [-0.15, -0.1) is 0 Å². The summed E-state index contributed by atoms with van der Waals surface area (Å²) < 4.78 is 87.2. The van der Waals surface area contributed by atoms with Gasteiger partial charge in [0.15, 0.2) is 61.5 Å². The Bertz CT molecular complexity index is 2100. The van der Waals surface area contributed by atoms with Crippen LogP contribution >= 0.6 is 0 Å². The van der Waals surface area contributed by atoms with E-state index in [4.69, 9.17) is 71.1 Å². The van der Waals surface area contributed by atoms with E-state index in [2.05, 4.69) is 5.32 Å². The normalized spacial score (nSPS) is 30.2. The highest BCUT2D eigenvalue weighted by atomic mass is 16.8. The SMILES string of the molecule is CC(=O)OCC1OC(Nc2ccc(C)cc2)C(OC(C)=O)C(OC(C)=O)C1OC1O[C@H](COC(C)=O)[C@@H](OC2OC(COC(C)=O)C(OC(C)=O)C(OC(C)=O)C2OC(C)=O)[C@H](OC(C)=O)[C@H]1OC(C)=O. The molecule has 11 unspecified atom stereocenters. The Hall–Kier alpha value is -6.48. The first-order valence-corrected chi connectivity index (χ1v) is 22.0. The molecule has 1 aromatic rings. The minimum atomic E-state index is -2.00. The van der Waals surface area contributed by atoms with E-state index in [-0.39, 0.29) is 0 Å². The highest BCUT2D eigenvalue weighted by molar-refractivity contribution is 5.70. The van der Waals surface area contributed by atoms with Gasteiger partial charge >= 0.3 is 59.7 Å². The molecule has 3 aliphatic rings. The topological polar surface area (TPSA) is 321 Å². The second kappa shape index (κ2) is 26.1. The summed E-state index contributed by atoms with van der Waals surface area (Å²) in [5.41, 5.74) is 1.35. The van der Waals surface area contributed by atoms with Crippen LogP contribution < -0.4 is 5.32 Å². The molecule has 3 saturated heterocycles. The summed E-state index contributed by atoms with van der Waals surface area (Å²) >= 11 is 0. The molecule has 0 bridgehead atoms. The number of carbonyl (C=O) groups excluding carboxylic acids is 10. The van der Waals surface area contributed by atoms with Gasteiger partial charge in [-0.1, -0.05) is 17.7 Å². The van der Waals surface area contributed by atoms with Crippen molar-refractivity contribution in [2.45, 2.75) is 168 Å². The minimum absolute atomic E-state index is 0.454. The molecule has 0 aromatic heterocycles. The number of rotatable bonds is 19. The fourth-order valence-electron chi connectivity index (χ4n) is 7.73. The van der Waals surface area contributed by atoms with Crippen molar-refractivity contribution in [2.75, 3.05) is 25.1 Å². The van der Waals surface area contributed by atoms with Crippen LogP contribution in [0.5, 0.6) is 0 Å². The maximum Gasteiger partial charge on any atom is 0.303 e. The van der Waals surface area contributed by atoms with Crippen molar-refractivity contribution in [1.29, 1.82) is 0 Å². The number of carbonyl (C=O) groups is 10. The molecule has 1 aromatic carbocycles. The van der Waals surface area contributed by atoms with Crippen LogP contribution in [0, 0.1) is 6.92 Å². The van der Waals surface area contributed by atoms with Crippen LogP contribution in [0.1, 0.15) is 74.8 Å². The molecular formula is C45H59NO25. The number of nitrogens with one attached hydrogen (secondary N) is 1. The van der Waals surface area contributed by atoms with Gasteiger partial charge in [-0.05, 0) is 19.1 Å². The molecule has 3 heterocycles. The van der Waals surface area contributed by atoms with E-state index in [0.717, 1.165) is 74.8 Å². The Morgan fingerprint density at radius 3 is 1.04 bits per heavy atom. The zero-order valence-corrected chi connectivity index (χ0v) is 40.8. The fraction of sp³-hybridized carbons (Fsp3) is 0.644. The first-order chi connectivity index (χ1) is 33.3. The highest BCUT2D eigenvalue weighted by Crippen LogP contribution is 2.38. The van der Waals surface area contributed by atoms with Crippen LogP contribution in [-0.2, 0) is 119 Å². The lowest BCUT2D eigenvalue weighted by Gasteiger charge is -2.50. The molecule has 3 fully saturated rings. The average Bonchev–Trinajstić information content (AvgIpc) is 3.24. The van der Waals surface area contributed by atoms with Crippen molar-refractivity contribution in [3.05, 3.63) is 29.8 Å². The molecule has 26 nitrogen and oxygen atoms in total. The maximum atomic E-state index is 13.1. The molecule has 0 saturated carbocycles. The second-order valence-corrected chi connectivity index (χ2v) is 16.3. The number of aryl methyl sites for hydroxylation is 1. The number of hydrogen-bond acceptors (Lipinski definition) is 26. The Labute approximate surface area is 407 Å². The molecule has 26 heteroatoms. The van der Waals surface area contributed by atoms with Crippen LogP contribution in [0.2, 0.25) is 0 Å². The molecule has 4 rings (SSSR count). The van der Waals surface area contributed by atoms with E-state index in [1.54, 1.807) is 24.3 Å². The zero-order chi connectivity index (χ0) is 52.9. The summed E-state index contributed by atoms with van der Waals surface area (Å²) in [6.07, 6.45) is -25.9. The van der Waals surface area contributed by atoms with E-state index in [1.807, 2.05) is 6.92 Å². The largest absolute Gasteiger partial charge is 0.463 e. The van der Waals surface area contributed by atoms with Crippen molar-refractivity contribution in [2.24, 2.45) is 0 Å². The summed E-state index contributed by atoms with van der Waals surface area (Å²) in [4.78, 5) is 126. The zero-order valence-electron chi connectivity index (χ0n) is 40.8. The van der Waals surface area contributed by atoms with Crippen LogP contribution in [0.15, 0.2) is 24.3 Å². The van der Waals surface area contributed by atoms with Gasteiger partial charge in [0.2, 0.25) is 0 Å². The van der Waals surface area contributed by atoms with E-state index >= 15 is 0 Å². The standard InChI is InChI=1S/C45H59NO25/c1-19-12-14-30(15-13-19)46-43-40(64-27(9)54)37(61-24(6)51)35(31(67-43)16-57-20(2)47)70-45-42(66-29(11)56)39(63-26(8)53)36(33(69-45)18-59-22(4)49)71-44-41(65-28(10)55)38(62-25(7)52)34(60-23(5)50)32(68-44)17-58-21(3)48/h12-15,31-46H,16-18H2,1-11H3/t31?,32?,33-,34?,35?,36-,37?,38?,39+,40?,41?,42-,43?,44?,45?/m1/s1. The van der Waals surface area contributed by atoms with Crippen LogP contribution in [0.4, 0.5) is 5.69 Å². The first kappa shape index (κ1) is 57.1. The van der Waals surface area contributed by atoms with Gasteiger partial charge in [0.05, 0.1) is 0 Å². The molecule has 15 atom stereocenters. The van der Waals surface area contributed by atoms with Crippen molar-refractivity contribution >= 4 is 65.4 Å². The third-order valence-electron chi connectivity index (χ3n) is 10.2. The lowest BCUT2D eigenvalue weighted by molar-refractivity contribution is -0.373. The number of benzene rings is 1. The average molecular weight is 1010 g/mol. The van der Waals surface area contributed by atoms with Crippen LogP contribution in [0.25, 0.3) is 0 Å². The lowest BCUT2D eigenvalue weighted by atomic mass is 9.94. The van der Waals surface area contributed by atoms with E-state index in [9.17, 15) is 47.9 Å². The summed E-state index contributed by atoms with van der Waals surface area (Å²) in [6.45, 7) is 10.0. The summed E-state index contributed by atoms with van der Waals surface area (Å²) in [6, 6.07) is 6.91. The molecular weight excluding hydrogens is 954 g/mol. The Balaban J connectivity index is 1.91. The van der Waals surface area contributed by atoms with Gasteiger partial charge in [0.25, 0.3) is 0 Å². The molecule has 394 valence electrons. The minimum Gasteiger partial charge on any atom is -0.463 e. The Morgan fingerprint density at radius 1 is 0.380 bits per heavy atom. The number of anilines is 1. The molecule has 0 radical (unpaired) electrons. The predicted octanol–water partition coefficient (Wildman–Crippen LogP) is 0.563. The van der Waals surface area contributed by atoms with Crippen molar-refractivity contribution in [3.8, 4) is 0 Å². The third kappa shape index (κ3) is 17.1. The van der Waals surface area contributed by atoms with E-state index < -0.39 is 172 Å².